The van der Waals surface area contributed by atoms with Crippen LogP contribution < -0.4 is 15.8 Å². The molecule has 1 atom stereocenters. The molecule has 0 heterocycles. The summed E-state index contributed by atoms with van der Waals surface area (Å²) in [5, 5.41) is 10.3. The Morgan fingerprint density at radius 1 is 1.07 bits per heavy atom. The minimum Gasteiger partial charge on any atom is -0.338 e. The number of rotatable bonds is 6. The van der Waals surface area contributed by atoms with Gasteiger partial charge in [0.25, 0.3) is 0 Å². The molecule has 0 saturated heterocycles. The van der Waals surface area contributed by atoms with Crippen LogP contribution in [-0.4, -0.2) is 21.0 Å². The number of primary sulfonamides is 1. The van der Waals surface area contributed by atoms with Gasteiger partial charge in [-0.3, -0.25) is 0 Å². The second-order valence-electron chi connectivity index (χ2n) is 6.18. The molecular weight excluding hydrogens is 395 g/mol. The number of alkyl halides is 3. The van der Waals surface area contributed by atoms with Gasteiger partial charge in [-0.1, -0.05) is 24.3 Å². The Morgan fingerprint density at radius 3 is 2.14 bits per heavy atom. The molecule has 0 spiro atoms. The molecule has 0 radical (unpaired) electrons. The highest BCUT2D eigenvalue weighted by atomic mass is 32.2. The third-order valence-electron chi connectivity index (χ3n) is 4.04. The van der Waals surface area contributed by atoms with Gasteiger partial charge in [-0.2, -0.15) is 13.2 Å². The monoisotopic (exact) mass is 415 g/mol. The largest absolute Gasteiger partial charge is 0.416 e. The molecule has 6 nitrogen and oxygen atoms in total. The van der Waals surface area contributed by atoms with Crippen LogP contribution in [0.4, 0.5) is 18.0 Å². The first-order chi connectivity index (χ1) is 13.0. The maximum atomic E-state index is 12.5. The van der Waals surface area contributed by atoms with E-state index in [9.17, 15) is 26.4 Å². The number of urea groups is 1. The van der Waals surface area contributed by atoms with Gasteiger partial charge in [-0.25, -0.2) is 18.4 Å². The van der Waals surface area contributed by atoms with Gasteiger partial charge < -0.3 is 10.6 Å². The van der Waals surface area contributed by atoms with Crippen molar-refractivity contribution in [2.24, 2.45) is 5.14 Å². The summed E-state index contributed by atoms with van der Waals surface area (Å²) in [5.74, 6) is 0. The van der Waals surface area contributed by atoms with Gasteiger partial charge in [0.15, 0.2) is 0 Å². The second-order valence-corrected chi connectivity index (χ2v) is 7.74. The summed E-state index contributed by atoms with van der Waals surface area (Å²) >= 11 is 0. The Hall–Kier alpha value is -2.59. The Balaban J connectivity index is 1.82. The summed E-state index contributed by atoms with van der Waals surface area (Å²) < 4.78 is 60.0. The maximum absolute atomic E-state index is 12.5. The first-order valence-electron chi connectivity index (χ1n) is 8.30. The smallest absolute Gasteiger partial charge is 0.338 e. The van der Waals surface area contributed by atoms with E-state index >= 15 is 0 Å². The number of carbonyl (C=O) groups excluding carboxylic acids is 1. The van der Waals surface area contributed by atoms with Crippen LogP contribution in [0.2, 0.25) is 0 Å². The average molecular weight is 415 g/mol. The lowest BCUT2D eigenvalue weighted by molar-refractivity contribution is -0.137. The molecule has 4 N–H and O–H groups in total. The lowest BCUT2D eigenvalue weighted by atomic mass is 10.1. The average Bonchev–Trinajstić information content (AvgIpc) is 2.60. The number of benzene rings is 2. The molecule has 152 valence electrons. The third kappa shape index (κ3) is 6.24. The van der Waals surface area contributed by atoms with Gasteiger partial charge >= 0.3 is 12.2 Å². The summed E-state index contributed by atoms with van der Waals surface area (Å²) in [7, 11) is -3.78. The van der Waals surface area contributed by atoms with Gasteiger partial charge in [-0.15, -0.1) is 0 Å². The SMILES string of the molecule is CC(NC(=O)NCCc1ccc(C(F)(F)F)cc1)c1ccc(S(N)(=O)=O)cc1. The molecule has 2 rings (SSSR count). The van der Waals surface area contributed by atoms with Crippen molar-refractivity contribution in [1.82, 2.24) is 10.6 Å². The van der Waals surface area contributed by atoms with E-state index in [0.29, 0.717) is 17.5 Å². The highest BCUT2D eigenvalue weighted by Crippen LogP contribution is 2.29. The van der Waals surface area contributed by atoms with Crippen molar-refractivity contribution >= 4 is 16.1 Å². The van der Waals surface area contributed by atoms with E-state index in [1.165, 1.54) is 24.3 Å². The zero-order valence-corrected chi connectivity index (χ0v) is 15.8. The molecule has 2 aromatic rings. The van der Waals surface area contributed by atoms with Crippen molar-refractivity contribution in [3.63, 3.8) is 0 Å². The fourth-order valence-electron chi connectivity index (χ4n) is 2.46. The first-order valence-corrected chi connectivity index (χ1v) is 9.85. The molecule has 0 fully saturated rings. The normalized spacial score (nSPS) is 13.0. The Bertz CT molecular complexity index is 912. The van der Waals surface area contributed by atoms with Crippen molar-refractivity contribution in [2.75, 3.05) is 6.54 Å². The molecule has 0 saturated carbocycles. The molecule has 10 heteroatoms. The van der Waals surface area contributed by atoms with Crippen LogP contribution in [0.25, 0.3) is 0 Å². The van der Waals surface area contributed by atoms with E-state index < -0.39 is 27.8 Å². The maximum Gasteiger partial charge on any atom is 0.416 e. The molecule has 0 aliphatic heterocycles. The van der Waals surface area contributed by atoms with Crippen LogP contribution in [0.15, 0.2) is 53.4 Å². The lowest BCUT2D eigenvalue weighted by Gasteiger charge is -2.15. The Labute approximate surface area is 161 Å². The second kappa shape index (κ2) is 8.61. The molecule has 2 aromatic carbocycles. The number of nitrogens with one attached hydrogen (secondary N) is 2. The molecule has 0 aliphatic rings. The predicted molar refractivity (Wildman–Crippen MR) is 97.9 cm³/mol. The molecule has 1 unspecified atom stereocenters. The zero-order valence-electron chi connectivity index (χ0n) is 15.0. The topological polar surface area (TPSA) is 101 Å². The van der Waals surface area contributed by atoms with Crippen LogP contribution in [-0.2, 0) is 22.6 Å². The summed E-state index contributed by atoms with van der Waals surface area (Å²) in [6, 6.07) is 9.72. The summed E-state index contributed by atoms with van der Waals surface area (Å²) in [6.45, 7) is 1.97. The predicted octanol–water partition coefficient (Wildman–Crippen LogP) is 2.96. The molecular formula is C18H20F3N3O3S. The number of carbonyl (C=O) groups is 1. The number of hydrogen-bond donors (Lipinski definition) is 3. The van der Waals surface area contributed by atoms with E-state index in [1.54, 1.807) is 19.1 Å². The minimum absolute atomic E-state index is 0.0237. The number of halogens is 3. The highest BCUT2D eigenvalue weighted by Gasteiger charge is 2.29. The molecule has 0 bridgehead atoms. The fraction of sp³-hybridized carbons (Fsp3) is 0.278. The van der Waals surface area contributed by atoms with Gasteiger partial charge in [0.1, 0.15) is 0 Å². The molecule has 0 aromatic heterocycles. The number of hydrogen-bond acceptors (Lipinski definition) is 3. The van der Waals surface area contributed by atoms with E-state index in [-0.39, 0.29) is 17.5 Å². The van der Waals surface area contributed by atoms with E-state index in [1.807, 2.05) is 0 Å². The fourth-order valence-corrected chi connectivity index (χ4v) is 2.97. The summed E-state index contributed by atoms with van der Waals surface area (Å²) in [4.78, 5) is 11.9. The van der Waals surface area contributed by atoms with E-state index in [2.05, 4.69) is 10.6 Å². The van der Waals surface area contributed by atoms with Gasteiger partial charge in [0.05, 0.1) is 16.5 Å². The number of amides is 2. The summed E-state index contributed by atoms with van der Waals surface area (Å²) in [6.07, 6.45) is -4.00. The summed E-state index contributed by atoms with van der Waals surface area (Å²) in [5.41, 5.74) is 0.634. The Kier molecular flexibility index (Phi) is 6.68. The van der Waals surface area contributed by atoms with Crippen molar-refractivity contribution in [2.45, 2.75) is 30.5 Å². The van der Waals surface area contributed by atoms with Crippen LogP contribution in [0.1, 0.15) is 29.7 Å². The van der Waals surface area contributed by atoms with Crippen LogP contribution in [0.5, 0.6) is 0 Å². The van der Waals surface area contributed by atoms with Gasteiger partial charge in [0.2, 0.25) is 10.0 Å². The van der Waals surface area contributed by atoms with E-state index in [0.717, 1.165) is 12.1 Å². The lowest BCUT2D eigenvalue weighted by Crippen LogP contribution is -2.38. The van der Waals surface area contributed by atoms with E-state index in [4.69, 9.17) is 5.14 Å². The van der Waals surface area contributed by atoms with Crippen molar-refractivity contribution < 1.29 is 26.4 Å². The van der Waals surface area contributed by atoms with Gasteiger partial charge in [-0.05, 0) is 48.7 Å². The van der Waals surface area contributed by atoms with Crippen molar-refractivity contribution in [1.29, 1.82) is 0 Å². The quantitative estimate of drug-likeness (QED) is 0.676. The van der Waals surface area contributed by atoms with Crippen LogP contribution in [0.3, 0.4) is 0 Å². The van der Waals surface area contributed by atoms with Gasteiger partial charge in [0, 0.05) is 6.54 Å². The third-order valence-corrected chi connectivity index (χ3v) is 4.97. The van der Waals surface area contributed by atoms with Crippen LogP contribution >= 0.6 is 0 Å². The highest BCUT2D eigenvalue weighted by molar-refractivity contribution is 7.89. The number of sulfonamides is 1. The molecule has 0 aliphatic carbocycles. The first kappa shape index (κ1) is 21.7. The molecule has 2 amide bonds. The number of nitrogens with two attached hydrogens (primary N) is 1. The molecule has 28 heavy (non-hydrogen) atoms. The van der Waals surface area contributed by atoms with Crippen molar-refractivity contribution in [3.05, 3.63) is 65.2 Å². The Morgan fingerprint density at radius 2 is 1.64 bits per heavy atom. The van der Waals surface area contributed by atoms with Crippen LogP contribution in [0, 0.1) is 0 Å². The van der Waals surface area contributed by atoms with Crippen molar-refractivity contribution in [3.8, 4) is 0 Å². The standard InChI is InChI=1S/C18H20F3N3O3S/c1-12(14-4-8-16(9-5-14)28(22,26)27)24-17(25)23-11-10-13-2-6-15(7-3-13)18(19,20)21/h2-9,12H,10-11H2,1H3,(H2,22,26,27)(H2,23,24,25). The minimum atomic E-state index is -4.38. The zero-order chi connectivity index (χ0) is 20.9.